The van der Waals surface area contributed by atoms with Crippen LogP contribution in [-0.4, -0.2) is 14.5 Å². The molecule has 0 aliphatic carbocycles. The molecule has 0 amide bonds. The van der Waals surface area contributed by atoms with Crippen molar-refractivity contribution in [3.8, 4) is 0 Å². The highest BCUT2D eigenvalue weighted by Gasteiger charge is 2.05. The van der Waals surface area contributed by atoms with Gasteiger partial charge in [-0.25, -0.2) is 4.98 Å². The fourth-order valence-electron chi connectivity index (χ4n) is 1.18. The van der Waals surface area contributed by atoms with Gasteiger partial charge in [-0.15, -0.1) is 0 Å². The second-order valence-corrected chi connectivity index (χ2v) is 3.15. The summed E-state index contributed by atoms with van der Waals surface area (Å²) in [7, 11) is 0. The summed E-state index contributed by atoms with van der Waals surface area (Å²) in [4.78, 5) is 4.14. The van der Waals surface area contributed by atoms with Crippen LogP contribution in [0.2, 0.25) is 0 Å². The Morgan fingerprint density at radius 3 is 3.08 bits per heavy atom. The number of hydrogen-bond donors (Lipinski definition) is 1. The van der Waals surface area contributed by atoms with Crippen LogP contribution in [0.15, 0.2) is 29.1 Å². The highest BCUT2D eigenvalue weighted by atomic mass is 79.9. The minimum Gasteiger partial charge on any atom is -0.390 e. The summed E-state index contributed by atoms with van der Waals surface area (Å²) in [5, 5.41) is 8.95. The maximum Gasteiger partial charge on any atom is 0.182 e. The number of nitrogens with zero attached hydrogens (tertiary/aromatic N) is 2. The van der Waals surface area contributed by atoms with E-state index in [1.807, 2.05) is 28.8 Å². The molecule has 2 heterocycles. The van der Waals surface area contributed by atoms with Gasteiger partial charge >= 0.3 is 0 Å². The van der Waals surface area contributed by atoms with Crippen LogP contribution in [0.1, 0.15) is 5.69 Å². The van der Waals surface area contributed by atoms with Gasteiger partial charge in [-0.05, 0) is 28.1 Å². The Balaban J connectivity index is 2.82. The maximum absolute atomic E-state index is 8.95. The number of imidazole rings is 1. The number of aliphatic hydroxyl groups is 1. The van der Waals surface area contributed by atoms with Crippen LogP contribution < -0.4 is 0 Å². The molecule has 0 atom stereocenters. The molecule has 0 saturated carbocycles. The van der Waals surface area contributed by atoms with Gasteiger partial charge in [0.15, 0.2) is 4.73 Å². The predicted molar refractivity (Wildman–Crippen MR) is 48.8 cm³/mol. The molecule has 2 aromatic heterocycles. The van der Waals surface area contributed by atoms with Gasteiger partial charge in [-0.1, -0.05) is 6.07 Å². The molecule has 1 N–H and O–H groups in total. The number of rotatable bonds is 1. The zero-order chi connectivity index (χ0) is 8.55. The van der Waals surface area contributed by atoms with Crippen molar-refractivity contribution in [3.05, 3.63) is 34.8 Å². The normalized spacial score (nSPS) is 10.8. The molecule has 0 radical (unpaired) electrons. The first-order valence-corrected chi connectivity index (χ1v) is 4.34. The third-order valence-electron chi connectivity index (χ3n) is 1.73. The number of aromatic nitrogens is 2. The standard InChI is InChI=1S/C8H7BrN2O/c9-8-10-6(5-12)7-3-1-2-4-11(7)8/h1-4,12H,5H2. The predicted octanol–water partition coefficient (Wildman–Crippen LogP) is 1.59. The van der Waals surface area contributed by atoms with E-state index in [2.05, 4.69) is 20.9 Å². The van der Waals surface area contributed by atoms with E-state index in [1.54, 1.807) is 0 Å². The Hall–Kier alpha value is -0.870. The van der Waals surface area contributed by atoms with Gasteiger partial charge < -0.3 is 5.11 Å². The lowest BCUT2D eigenvalue weighted by Crippen LogP contribution is -1.84. The monoisotopic (exact) mass is 226 g/mol. The van der Waals surface area contributed by atoms with E-state index >= 15 is 0 Å². The van der Waals surface area contributed by atoms with Crippen LogP contribution in [0.5, 0.6) is 0 Å². The van der Waals surface area contributed by atoms with Gasteiger partial charge in [-0.2, -0.15) is 0 Å². The second kappa shape index (κ2) is 2.88. The summed E-state index contributed by atoms with van der Waals surface area (Å²) >= 11 is 3.30. The molecule has 4 heteroatoms. The van der Waals surface area contributed by atoms with Gasteiger partial charge in [0.1, 0.15) is 0 Å². The molecule has 0 aromatic carbocycles. The topological polar surface area (TPSA) is 37.5 Å². The Morgan fingerprint density at radius 1 is 1.50 bits per heavy atom. The first-order valence-electron chi connectivity index (χ1n) is 3.55. The molecular weight excluding hydrogens is 220 g/mol. The molecule has 0 unspecified atom stereocenters. The fraction of sp³-hybridized carbons (Fsp3) is 0.125. The Bertz CT molecular complexity index is 410. The minimum absolute atomic E-state index is 0.0287. The van der Waals surface area contributed by atoms with Crippen LogP contribution in [0.4, 0.5) is 0 Å². The van der Waals surface area contributed by atoms with Crippen LogP contribution in [0.3, 0.4) is 0 Å². The molecule has 0 aliphatic heterocycles. The summed E-state index contributed by atoms with van der Waals surface area (Å²) in [6, 6.07) is 5.76. The van der Waals surface area contributed by atoms with E-state index in [4.69, 9.17) is 5.11 Å². The van der Waals surface area contributed by atoms with Gasteiger partial charge in [-0.3, -0.25) is 4.40 Å². The number of fused-ring (bicyclic) bond motifs is 1. The highest BCUT2D eigenvalue weighted by Crippen LogP contribution is 2.16. The van der Waals surface area contributed by atoms with Crippen molar-refractivity contribution in [1.82, 2.24) is 9.38 Å². The molecule has 3 nitrogen and oxygen atoms in total. The molecule has 62 valence electrons. The number of pyridine rings is 1. The lowest BCUT2D eigenvalue weighted by Gasteiger charge is -1.93. The van der Waals surface area contributed by atoms with Crippen molar-refractivity contribution in [2.75, 3.05) is 0 Å². The zero-order valence-electron chi connectivity index (χ0n) is 6.24. The fourth-order valence-corrected chi connectivity index (χ4v) is 1.70. The van der Waals surface area contributed by atoms with Crippen molar-refractivity contribution in [2.45, 2.75) is 6.61 Å². The smallest absolute Gasteiger partial charge is 0.182 e. The zero-order valence-corrected chi connectivity index (χ0v) is 7.82. The largest absolute Gasteiger partial charge is 0.390 e. The molecule has 0 aliphatic rings. The van der Waals surface area contributed by atoms with Crippen molar-refractivity contribution in [1.29, 1.82) is 0 Å². The van der Waals surface area contributed by atoms with Crippen molar-refractivity contribution < 1.29 is 5.11 Å². The third kappa shape index (κ3) is 1.04. The Kier molecular flexibility index (Phi) is 1.86. The number of aliphatic hydroxyl groups excluding tert-OH is 1. The summed E-state index contributed by atoms with van der Waals surface area (Å²) in [6.45, 7) is -0.0287. The number of hydrogen-bond acceptors (Lipinski definition) is 2. The lowest BCUT2D eigenvalue weighted by molar-refractivity contribution is 0.279. The molecule has 0 bridgehead atoms. The van der Waals surface area contributed by atoms with E-state index in [1.165, 1.54) is 0 Å². The summed E-state index contributed by atoms with van der Waals surface area (Å²) in [6.07, 6.45) is 1.89. The van der Waals surface area contributed by atoms with Crippen LogP contribution in [0, 0.1) is 0 Å². The molecule has 0 fully saturated rings. The average molecular weight is 227 g/mol. The SMILES string of the molecule is OCc1nc(Br)n2ccccc12. The number of halogens is 1. The van der Waals surface area contributed by atoms with E-state index in [0.717, 1.165) is 10.3 Å². The summed E-state index contributed by atoms with van der Waals surface area (Å²) in [5.74, 6) is 0. The summed E-state index contributed by atoms with van der Waals surface area (Å²) < 4.78 is 2.60. The first kappa shape index (κ1) is 7.76. The summed E-state index contributed by atoms with van der Waals surface area (Å²) in [5.41, 5.74) is 1.63. The molecule has 0 spiro atoms. The van der Waals surface area contributed by atoms with E-state index in [9.17, 15) is 0 Å². The average Bonchev–Trinajstić information content (AvgIpc) is 2.44. The van der Waals surface area contributed by atoms with Crippen molar-refractivity contribution in [3.63, 3.8) is 0 Å². The quantitative estimate of drug-likeness (QED) is 0.803. The third-order valence-corrected chi connectivity index (χ3v) is 2.29. The molecular formula is C8H7BrN2O. The van der Waals surface area contributed by atoms with E-state index in [0.29, 0.717) is 5.69 Å². The van der Waals surface area contributed by atoms with Crippen LogP contribution >= 0.6 is 15.9 Å². The molecule has 2 aromatic rings. The van der Waals surface area contributed by atoms with Gasteiger partial charge in [0.25, 0.3) is 0 Å². The minimum atomic E-state index is -0.0287. The second-order valence-electron chi connectivity index (χ2n) is 2.44. The molecule has 2 rings (SSSR count). The van der Waals surface area contributed by atoms with Gasteiger partial charge in [0.05, 0.1) is 17.8 Å². The highest BCUT2D eigenvalue weighted by molar-refractivity contribution is 9.10. The molecule has 0 saturated heterocycles. The first-order chi connectivity index (χ1) is 5.83. The maximum atomic E-state index is 8.95. The van der Waals surface area contributed by atoms with E-state index in [-0.39, 0.29) is 6.61 Å². The lowest BCUT2D eigenvalue weighted by atomic mass is 10.3. The van der Waals surface area contributed by atoms with Crippen LogP contribution in [0.25, 0.3) is 5.52 Å². The Morgan fingerprint density at radius 2 is 2.33 bits per heavy atom. The van der Waals surface area contributed by atoms with Gasteiger partial charge in [0.2, 0.25) is 0 Å². The van der Waals surface area contributed by atoms with E-state index < -0.39 is 0 Å². The van der Waals surface area contributed by atoms with Crippen LogP contribution in [-0.2, 0) is 6.61 Å². The molecule has 12 heavy (non-hydrogen) atoms. The van der Waals surface area contributed by atoms with Crippen molar-refractivity contribution in [2.24, 2.45) is 0 Å². The Labute approximate surface area is 77.8 Å². The van der Waals surface area contributed by atoms with Crippen molar-refractivity contribution >= 4 is 21.4 Å². The van der Waals surface area contributed by atoms with Gasteiger partial charge in [0, 0.05) is 6.20 Å².